The number of halogens is 4. The van der Waals surface area contributed by atoms with E-state index in [1.54, 1.807) is 18.2 Å². The van der Waals surface area contributed by atoms with E-state index in [-0.39, 0.29) is 22.3 Å². The SMILES string of the molecule is Fc1cccc(CNc2c(F)cccc2Cl)c1Cl. The Hall–Kier alpha value is -1.32. The van der Waals surface area contributed by atoms with E-state index in [2.05, 4.69) is 5.32 Å². The molecule has 0 bridgehead atoms. The van der Waals surface area contributed by atoms with Crippen LogP contribution >= 0.6 is 23.2 Å². The van der Waals surface area contributed by atoms with Crippen LogP contribution in [0.3, 0.4) is 0 Å². The summed E-state index contributed by atoms with van der Waals surface area (Å²) in [5.74, 6) is -0.967. The van der Waals surface area contributed by atoms with Crippen molar-refractivity contribution in [3.63, 3.8) is 0 Å². The molecule has 0 aliphatic heterocycles. The first-order valence-electron chi connectivity index (χ1n) is 5.20. The maximum atomic E-state index is 13.5. The van der Waals surface area contributed by atoms with Gasteiger partial charge in [-0.05, 0) is 23.8 Å². The zero-order valence-corrected chi connectivity index (χ0v) is 10.7. The molecule has 0 amide bonds. The van der Waals surface area contributed by atoms with E-state index in [9.17, 15) is 8.78 Å². The Bertz CT molecular complexity index is 553. The fourth-order valence-electron chi connectivity index (χ4n) is 1.54. The largest absolute Gasteiger partial charge is 0.377 e. The molecule has 0 aliphatic carbocycles. The lowest BCUT2D eigenvalue weighted by atomic mass is 10.2. The van der Waals surface area contributed by atoms with Gasteiger partial charge in [0.2, 0.25) is 0 Å². The summed E-state index contributed by atoms with van der Waals surface area (Å²) in [7, 11) is 0. The van der Waals surface area contributed by atoms with Crippen LogP contribution in [0.5, 0.6) is 0 Å². The third kappa shape index (κ3) is 2.74. The molecule has 2 aromatic rings. The fourth-order valence-corrected chi connectivity index (χ4v) is 1.96. The molecule has 0 fully saturated rings. The molecular weight excluding hydrogens is 279 g/mol. The van der Waals surface area contributed by atoms with E-state index in [0.29, 0.717) is 5.56 Å². The third-order valence-electron chi connectivity index (χ3n) is 2.45. The van der Waals surface area contributed by atoms with Crippen LogP contribution in [0.1, 0.15) is 5.56 Å². The molecule has 5 heteroatoms. The highest BCUT2D eigenvalue weighted by Gasteiger charge is 2.09. The molecule has 1 N–H and O–H groups in total. The quantitative estimate of drug-likeness (QED) is 0.848. The molecule has 2 rings (SSSR count). The monoisotopic (exact) mass is 287 g/mol. The van der Waals surface area contributed by atoms with Crippen molar-refractivity contribution >= 4 is 28.9 Å². The number of para-hydroxylation sites is 1. The van der Waals surface area contributed by atoms with Crippen molar-refractivity contribution in [2.75, 3.05) is 5.32 Å². The summed E-state index contributed by atoms with van der Waals surface area (Å²) < 4.78 is 26.7. The van der Waals surface area contributed by atoms with Gasteiger partial charge in [-0.2, -0.15) is 0 Å². The molecule has 18 heavy (non-hydrogen) atoms. The van der Waals surface area contributed by atoms with E-state index < -0.39 is 11.6 Å². The van der Waals surface area contributed by atoms with Crippen LogP contribution in [-0.2, 0) is 6.54 Å². The molecule has 0 unspecified atom stereocenters. The molecule has 0 radical (unpaired) electrons. The van der Waals surface area contributed by atoms with Crippen molar-refractivity contribution in [1.29, 1.82) is 0 Å². The van der Waals surface area contributed by atoms with Gasteiger partial charge in [-0.25, -0.2) is 8.78 Å². The van der Waals surface area contributed by atoms with E-state index in [1.165, 1.54) is 18.2 Å². The van der Waals surface area contributed by atoms with Crippen molar-refractivity contribution < 1.29 is 8.78 Å². The first kappa shape index (κ1) is 13.1. The van der Waals surface area contributed by atoms with Gasteiger partial charge in [-0.1, -0.05) is 41.4 Å². The average Bonchev–Trinajstić information content (AvgIpc) is 2.33. The lowest BCUT2D eigenvalue weighted by Gasteiger charge is -2.10. The minimum Gasteiger partial charge on any atom is -0.377 e. The average molecular weight is 288 g/mol. The van der Waals surface area contributed by atoms with E-state index in [4.69, 9.17) is 23.2 Å². The number of rotatable bonds is 3. The third-order valence-corrected chi connectivity index (χ3v) is 3.19. The number of benzene rings is 2. The summed E-state index contributed by atoms with van der Waals surface area (Å²) in [6.45, 7) is 0.192. The van der Waals surface area contributed by atoms with Crippen LogP contribution in [0.25, 0.3) is 0 Å². The molecule has 0 saturated heterocycles. The van der Waals surface area contributed by atoms with Gasteiger partial charge in [0.1, 0.15) is 11.6 Å². The zero-order chi connectivity index (χ0) is 13.1. The Labute approximate surface area is 113 Å². The van der Waals surface area contributed by atoms with Gasteiger partial charge >= 0.3 is 0 Å². The minimum absolute atomic E-state index is 0.0254. The van der Waals surface area contributed by atoms with Crippen molar-refractivity contribution in [1.82, 2.24) is 0 Å². The highest BCUT2D eigenvalue weighted by atomic mass is 35.5. The number of anilines is 1. The van der Waals surface area contributed by atoms with Crippen molar-refractivity contribution in [2.45, 2.75) is 6.54 Å². The Morgan fingerprint density at radius 1 is 0.944 bits per heavy atom. The van der Waals surface area contributed by atoms with Gasteiger partial charge in [0.05, 0.1) is 15.7 Å². The summed E-state index contributed by atoms with van der Waals surface area (Å²) in [6.07, 6.45) is 0. The molecule has 94 valence electrons. The van der Waals surface area contributed by atoms with Crippen molar-refractivity contribution in [3.8, 4) is 0 Å². The number of hydrogen-bond donors (Lipinski definition) is 1. The maximum absolute atomic E-state index is 13.5. The smallest absolute Gasteiger partial charge is 0.147 e. The Kier molecular flexibility index (Phi) is 4.04. The summed E-state index contributed by atoms with van der Waals surface area (Å²) in [5.41, 5.74) is 0.718. The van der Waals surface area contributed by atoms with Gasteiger partial charge < -0.3 is 5.32 Å². The van der Waals surface area contributed by atoms with E-state index >= 15 is 0 Å². The topological polar surface area (TPSA) is 12.0 Å². The van der Waals surface area contributed by atoms with Crippen LogP contribution < -0.4 is 5.32 Å². The summed E-state index contributed by atoms with van der Waals surface area (Å²) in [6, 6.07) is 8.84. The van der Waals surface area contributed by atoms with E-state index in [1.807, 2.05) is 0 Å². The second-order valence-electron chi connectivity index (χ2n) is 3.66. The van der Waals surface area contributed by atoms with Gasteiger partial charge in [0.15, 0.2) is 0 Å². The molecule has 1 nitrogen and oxygen atoms in total. The number of nitrogens with one attached hydrogen (secondary N) is 1. The highest BCUT2D eigenvalue weighted by Crippen LogP contribution is 2.26. The lowest BCUT2D eigenvalue weighted by molar-refractivity contribution is 0.625. The minimum atomic E-state index is -0.504. The summed E-state index contributed by atoms with van der Waals surface area (Å²) >= 11 is 11.7. The summed E-state index contributed by atoms with van der Waals surface area (Å²) in [4.78, 5) is 0. The van der Waals surface area contributed by atoms with Crippen molar-refractivity contribution in [2.24, 2.45) is 0 Å². The molecule has 0 saturated carbocycles. The molecule has 0 atom stereocenters. The first-order valence-corrected chi connectivity index (χ1v) is 5.96. The first-order chi connectivity index (χ1) is 8.59. The zero-order valence-electron chi connectivity index (χ0n) is 9.18. The fraction of sp³-hybridized carbons (Fsp3) is 0.0769. The van der Waals surface area contributed by atoms with Crippen LogP contribution in [0, 0.1) is 11.6 Å². The van der Waals surface area contributed by atoms with Gasteiger partial charge in [-0.3, -0.25) is 0 Å². The van der Waals surface area contributed by atoms with Crippen LogP contribution in [0.4, 0.5) is 14.5 Å². The van der Waals surface area contributed by atoms with Crippen molar-refractivity contribution in [3.05, 3.63) is 63.6 Å². The van der Waals surface area contributed by atoms with Gasteiger partial charge in [0, 0.05) is 6.54 Å². The molecule has 0 aromatic heterocycles. The normalized spacial score (nSPS) is 10.4. The van der Waals surface area contributed by atoms with Gasteiger partial charge in [0.25, 0.3) is 0 Å². The van der Waals surface area contributed by atoms with Crippen LogP contribution in [-0.4, -0.2) is 0 Å². The Morgan fingerprint density at radius 3 is 2.33 bits per heavy atom. The maximum Gasteiger partial charge on any atom is 0.147 e. The van der Waals surface area contributed by atoms with Crippen LogP contribution in [0.2, 0.25) is 10.0 Å². The molecule has 2 aromatic carbocycles. The Balaban J connectivity index is 2.19. The standard InChI is InChI=1S/C13H9Cl2F2N/c14-9-4-2-6-11(17)13(9)18-7-8-3-1-5-10(16)12(8)15/h1-6,18H,7H2. The predicted molar refractivity (Wildman–Crippen MR) is 70.1 cm³/mol. The predicted octanol–water partition coefficient (Wildman–Crippen LogP) is 4.88. The second-order valence-corrected chi connectivity index (χ2v) is 4.45. The second kappa shape index (κ2) is 5.55. The molecule has 0 aliphatic rings. The lowest BCUT2D eigenvalue weighted by Crippen LogP contribution is -2.03. The van der Waals surface area contributed by atoms with Crippen LogP contribution in [0.15, 0.2) is 36.4 Å². The summed E-state index contributed by atoms with van der Waals surface area (Å²) in [5, 5.41) is 3.10. The molecule has 0 heterocycles. The molecular formula is C13H9Cl2F2N. The van der Waals surface area contributed by atoms with Gasteiger partial charge in [-0.15, -0.1) is 0 Å². The molecule has 0 spiro atoms. The van der Waals surface area contributed by atoms with E-state index in [0.717, 1.165) is 0 Å². The number of hydrogen-bond acceptors (Lipinski definition) is 1. The highest BCUT2D eigenvalue weighted by molar-refractivity contribution is 6.33. The Morgan fingerprint density at radius 2 is 1.61 bits per heavy atom.